The van der Waals surface area contributed by atoms with Gasteiger partial charge in [0.15, 0.2) is 0 Å². The predicted octanol–water partition coefficient (Wildman–Crippen LogP) is 13.8. The second kappa shape index (κ2) is 11.6. The van der Waals surface area contributed by atoms with Crippen molar-refractivity contribution in [2.75, 3.05) is 0 Å². The average Bonchev–Trinajstić information content (AvgIpc) is 3.83. The van der Waals surface area contributed by atoms with Crippen LogP contribution in [0.1, 0.15) is 31.8 Å². The molecule has 0 aliphatic heterocycles. The number of rotatable bonds is 4. The Kier molecular flexibility index (Phi) is 5.68. The summed E-state index contributed by atoms with van der Waals surface area (Å²) in [6, 6.07) is 42.6. The zero-order valence-corrected chi connectivity index (χ0v) is 29.9. The Bertz CT molecular complexity index is 3470. The molecule has 262 valence electrons. The number of nitrogens with zero attached hydrogens (tertiary/aromatic N) is 2. The van der Waals surface area contributed by atoms with Gasteiger partial charge in [-0.15, -0.1) is 0 Å². The van der Waals surface area contributed by atoms with Crippen molar-refractivity contribution in [3.63, 3.8) is 0 Å². The van der Waals surface area contributed by atoms with Gasteiger partial charge in [-0.3, -0.25) is 0 Å². The summed E-state index contributed by atoms with van der Waals surface area (Å²) >= 11 is 0. The first-order chi connectivity index (χ1) is 28.9. The third kappa shape index (κ3) is 4.64. The van der Waals surface area contributed by atoms with E-state index in [4.69, 9.17) is 6.85 Å². The minimum atomic E-state index is -0.447. The Morgan fingerprint density at radius 3 is 1.71 bits per heavy atom. The minimum Gasteiger partial charge on any atom is -0.309 e. The summed E-state index contributed by atoms with van der Waals surface area (Å²) in [7, 11) is 0. The molecule has 0 saturated carbocycles. The van der Waals surface area contributed by atoms with Crippen molar-refractivity contribution in [3.8, 4) is 44.8 Å². The highest BCUT2D eigenvalue weighted by atomic mass is 19.1. The number of para-hydroxylation sites is 1. The molecule has 11 rings (SSSR count). The molecule has 0 unspecified atom stereocenters. The topological polar surface area (TPSA) is 9.86 Å². The molecule has 2 nitrogen and oxygen atoms in total. The summed E-state index contributed by atoms with van der Waals surface area (Å²) in [5.74, 6) is -0.661. The van der Waals surface area contributed by atoms with E-state index in [2.05, 4.69) is 71.5 Å². The van der Waals surface area contributed by atoms with Crippen LogP contribution in [0.2, 0.25) is 0 Å². The smallest absolute Gasteiger partial charge is 0.125 e. The summed E-state index contributed by atoms with van der Waals surface area (Å²) in [5.41, 5.74) is 11.1. The number of benzene rings is 8. The lowest BCUT2D eigenvalue weighted by Gasteiger charge is -2.22. The lowest BCUT2D eigenvalue weighted by atomic mass is 9.82. The molecule has 0 bridgehead atoms. The third-order valence-electron chi connectivity index (χ3n) is 11.5. The fraction of sp³-hybridized carbons (Fsp3) is 0.0588. The maximum absolute atomic E-state index is 15.2. The quantitative estimate of drug-likeness (QED) is 0.172. The predicted molar refractivity (Wildman–Crippen MR) is 223 cm³/mol. The van der Waals surface area contributed by atoms with Crippen LogP contribution in [0, 0.1) is 11.6 Å². The van der Waals surface area contributed by atoms with Crippen molar-refractivity contribution in [1.29, 1.82) is 0 Å². The van der Waals surface area contributed by atoms with Gasteiger partial charge in [-0.25, -0.2) is 8.78 Å². The largest absolute Gasteiger partial charge is 0.309 e. The Morgan fingerprint density at radius 2 is 1.07 bits per heavy atom. The van der Waals surface area contributed by atoms with Crippen molar-refractivity contribution >= 4 is 43.6 Å². The number of fused-ring (bicyclic) bond motifs is 9. The van der Waals surface area contributed by atoms with Crippen LogP contribution in [0.5, 0.6) is 0 Å². The lowest BCUT2D eigenvalue weighted by Crippen LogP contribution is -2.15. The highest BCUT2D eigenvalue weighted by Gasteiger charge is 2.37. The molecule has 10 aromatic rings. The van der Waals surface area contributed by atoms with Crippen LogP contribution in [0.25, 0.3) is 88.4 Å². The van der Waals surface area contributed by atoms with E-state index in [1.807, 2.05) is 66.7 Å². The maximum atomic E-state index is 15.2. The molecule has 0 fully saturated rings. The molecule has 0 amide bonds. The van der Waals surface area contributed by atoms with E-state index < -0.39 is 11.5 Å². The molecule has 55 heavy (non-hydrogen) atoms. The first-order valence-corrected chi connectivity index (χ1v) is 18.3. The zero-order chi connectivity index (χ0) is 41.4. The molecular formula is C51H34F2N2. The highest BCUT2D eigenvalue weighted by molar-refractivity contribution is 6.13. The maximum Gasteiger partial charge on any atom is 0.125 e. The van der Waals surface area contributed by atoms with Gasteiger partial charge in [-0.05, 0) is 129 Å². The summed E-state index contributed by atoms with van der Waals surface area (Å²) < 4.78 is 76.8. The number of hydrogen-bond donors (Lipinski definition) is 0. The van der Waals surface area contributed by atoms with Gasteiger partial charge in [0.05, 0.1) is 28.9 Å². The van der Waals surface area contributed by atoms with Gasteiger partial charge in [0.2, 0.25) is 0 Å². The van der Waals surface area contributed by atoms with E-state index in [-0.39, 0.29) is 41.4 Å². The number of halogens is 2. The normalized spacial score (nSPS) is 14.5. The zero-order valence-electron chi connectivity index (χ0n) is 34.9. The van der Waals surface area contributed by atoms with Crippen LogP contribution >= 0.6 is 0 Å². The standard InChI is InChI=1S/C51H34F2N2/c1-51(2)44-23-20-37(30-43(44)50-38(14-9-15-45(50)51)31-10-5-3-6-11-31)55-47-25-17-33(27-42(47)40-22-19-35(53)29-49(40)55)32-16-24-46-41(26-32)39-21-18-34(52)28-48(39)54(46)36-12-7-4-8-13-36/h3-30H,1-2H3/i3D,5D,6D,10D,11D. The van der Waals surface area contributed by atoms with Crippen LogP contribution in [-0.4, -0.2) is 9.13 Å². The van der Waals surface area contributed by atoms with E-state index in [1.165, 1.54) is 12.1 Å². The highest BCUT2D eigenvalue weighted by Crippen LogP contribution is 2.53. The molecule has 8 aromatic carbocycles. The second-order valence-electron chi connectivity index (χ2n) is 14.9. The van der Waals surface area contributed by atoms with Crippen LogP contribution in [0.3, 0.4) is 0 Å². The van der Waals surface area contributed by atoms with Crippen molar-refractivity contribution < 1.29 is 15.6 Å². The lowest BCUT2D eigenvalue weighted by molar-refractivity contribution is 0.629. The van der Waals surface area contributed by atoms with Crippen molar-refractivity contribution in [2.45, 2.75) is 19.3 Å². The van der Waals surface area contributed by atoms with Gasteiger partial charge in [-0.2, -0.15) is 0 Å². The molecule has 2 heterocycles. The molecule has 1 aliphatic carbocycles. The van der Waals surface area contributed by atoms with Gasteiger partial charge in [0, 0.05) is 38.3 Å². The van der Waals surface area contributed by atoms with Crippen LogP contribution < -0.4 is 0 Å². The Balaban J connectivity index is 1.10. The summed E-state index contributed by atoms with van der Waals surface area (Å²) in [6.07, 6.45) is 0. The summed E-state index contributed by atoms with van der Waals surface area (Å²) in [4.78, 5) is 0. The van der Waals surface area contributed by atoms with E-state index in [9.17, 15) is 4.39 Å². The van der Waals surface area contributed by atoms with Crippen molar-refractivity contribution in [2.24, 2.45) is 0 Å². The molecule has 4 heteroatoms. The van der Waals surface area contributed by atoms with Gasteiger partial charge >= 0.3 is 0 Å². The number of hydrogen-bond acceptors (Lipinski definition) is 0. The fourth-order valence-corrected chi connectivity index (χ4v) is 9.01. The first-order valence-electron chi connectivity index (χ1n) is 20.8. The third-order valence-corrected chi connectivity index (χ3v) is 11.5. The SMILES string of the molecule is [2H]c1c([2H])c([2H])c(-c2cccc3c2-c2cc(-n4c5ccc(-c6ccc7c(c6)c6ccc(F)cc6n7-c6ccccc6)cc5c5ccc(F)cc54)ccc2C3(C)C)c([2H])c1[2H]. The summed E-state index contributed by atoms with van der Waals surface area (Å²) in [5, 5.41) is 3.77. The molecule has 0 radical (unpaired) electrons. The Hall–Kier alpha value is -6.78. The van der Waals surface area contributed by atoms with Gasteiger partial charge in [0.25, 0.3) is 0 Å². The molecular weight excluding hydrogens is 679 g/mol. The molecule has 2 aromatic heterocycles. The second-order valence-corrected chi connectivity index (χ2v) is 14.9. The van der Waals surface area contributed by atoms with Crippen molar-refractivity contribution in [3.05, 3.63) is 192 Å². The molecule has 1 aliphatic rings. The molecule has 0 atom stereocenters. The van der Waals surface area contributed by atoms with E-state index in [1.54, 1.807) is 12.1 Å². The average molecular weight is 718 g/mol. The minimum absolute atomic E-state index is 0.161. The molecule has 0 N–H and O–H groups in total. The summed E-state index contributed by atoms with van der Waals surface area (Å²) in [6.45, 7) is 4.27. The first kappa shape index (κ1) is 26.9. The monoisotopic (exact) mass is 717 g/mol. The fourth-order valence-electron chi connectivity index (χ4n) is 9.01. The molecule has 0 saturated heterocycles. The Labute approximate surface area is 324 Å². The van der Waals surface area contributed by atoms with Gasteiger partial charge < -0.3 is 9.13 Å². The van der Waals surface area contributed by atoms with E-state index >= 15 is 4.39 Å². The van der Waals surface area contributed by atoms with Crippen LogP contribution in [-0.2, 0) is 5.41 Å². The van der Waals surface area contributed by atoms with E-state index in [0.29, 0.717) is 11.1 Å². The van der Waals surface area contributed by atoms with Crippen LogP contribution in [0.15, 0.2) is 170 Å². The van der Waals surface area contributed by atoms with Crippen molar-refractivity contribution in [1.82, 2.24) is 9.13 Å². The van der Waals surface area contributed by atoms with Gasteiger partial charge in [0.1, 0.15) is 11.6 Å². The van der Waals surface area contributed by atoms with E-state index in [0.717, 1.165) is 82.9 Å². The van der Waals surface area contributed by atoms with Gasteiger partial charge in [-0.1, -0.05) is 98.7 Å². The Morgan fingerprint density at radius 1 is 0.455 bits per heavy atom. The molecule has 0 spiro atoms. The number of aromatic nitrogens is 2. The van der Waals surface area contributed by atoms with Crippen LogP contribution in [0.4, 0.5) is 8.78 Å².